The fourth-order valence-corrected chi connectivity index (χ4v) is 2.32. The number of nitriles is 1. The topological polar surface area (TPSA) is 88.8 Å². The van der Waals surface area contributed by atoms with E-state index < -0.39 is 17.9 Å². The number of halogens is 1. The molecule has 1 N–H and O–H groups in total. The predicted molar refractivity (Wildman–Crippen MR) is 95.3 cm³/mol. The largest absolute Gasteiger partial charge is 0.493 e. The highest BCUT2D eigenvalue weighted by atomic mass is 19.1. The number of carboxylic acids is 1. The molecule has 0 unspecified atom stereocenters. The van der Waals surface area contributed by atoms with Crippen molar-refractivity contribution in [3.05, 3.63) is 59.4 Å². The van der Waals surface area contributed by atoms with Gasteiger partial charge in [0.2, 0.25) is 0 Å². The van der Waals surface area contributed by atoms with Gasteiger partial charge in [0.15, 0.2) is 6.10 Å². The summed E-state index contributed by atoms with van der Waals surface area (Å²) in [5.74, 6) is -0.584. The molecule has 0 aliphatic carbocycles. The molecule has 0 saturated heterocycles. The Morgan fingerprint density at radius 2 is 1.78 bits per heavy atom. The molecule has 0 amide bonds. The summed E-state index contributed by atoms with van der Waals surface area (Å²) < 4.78 is 29.4. The lowest BCUT2D eigenvalue weighted by Crippen LogP contribution is -2.24. The number of ether oxygens (including phenoxy) is 3. The zero-order valence-electron chi connectivity index (χ0n) is 14.9. The van der Waals surface area contributed by atoms with Crippen molar-refractivity contribution in [1.82, 2.24) is 0 Å². The summed E-state index contributed by atoms with van der Waals surface area (Å²) in [5.41, 5.74) is 0.817. The lowest BCUT2D eigenvalue weighted by atomic mass is 10.1. The highest BCUT2D eigenvalue weighted by molar-refractivity contribution is 5.72. The molecule has 0 aromatic heterocycles. The minimum atomic E-state index is -1.00. The van der Waals surface area contributed by atoms with Crippen molar-refractivity contribution in [2.45, 2.75) is 18.9 Å². The average Bonchev–Trinajstić information content (AvgIpc) is 2.66. The van der Waals surface area contributed by atoms with Gasteiger partial charge in [0.05, 0.1) is 18.8 Å². The van der Waals surface area contributed by atoms with E-state index in [4.69, 9.17) is 24.6 Å². The normalized spacial score (nSPS) is 11.4. The predicted octanol–water partition coefficient (Wildman–Crippen LogP) is 3.19. The van der Waals surface area contributed by atoms with E-state index >= 15 is 0 Å². The number of hydrogen-bond acceptors (Lipinski definition) is 5. The Bertz CT molecular complexity index is 801. The van der Waals surface area contributed by atoms with Gasteiger partial charge in [-0.1, -0.05) is 12.1 Å². The molecule has 142 valence electrons. The molecule has 0 saturated carbocycles. The third-order valence-electron chi connectivity index (χ3n) is 3.79. The quantitative estimate of drug-likeness (QED) is 0.644. The summed E-state index contributed by atoms with van der Waals surface area (Å²) in [6.45, 7) is 0.755. The van der Waals surface area contributed by atoms with Gasteiger partial charge in [-0.3, -0.25) is 0 Å². The monoisotopic (exact) mass is 373 g/mol. The number of methoxy groups -OCH3 is 1. The van der Waals surface area contributed by atoms with Crippen LogP contribution in [0.4, 0.5) is 4.39 Å². The van der Waals surface area contributed by atoms with Gasteiger partial charge < -0.3 is 19.3 Å². The first-order valence-electron chi connectivity index (χ1n) is 8.33. The molecule has 6 nitrogen and oxygen atoms in total. The van der Waals surface area contributed by atoms with Gasteiger partial charge in [-0.25, -0.2) is 9.18 Å². The Hall–Kier alpha value is -3.11. The minimum Gasteiger partial charge on any atom is -0.493 e. The Labute approximate surface area is 156 Å². The SMILES string of the molecule is CO[C@@H](Cc1ccc(OCCCOc2ccc(C#N)c(F)c2)cc1)C(=O)O. The molecule has 27 heavy (non-hydrogen) atoms. The number of benzene rings is 2. The second-order valence-corrected chi connectivity index (χ2v) is 5.71. The summed E-state index contributed by atoms with van der Waals surface area (Å²) >= 11 is 0. The Morgan fingerprint density at radius 3 is 2.33 bits per heavy atom. The molecular formula is C20H20FNO5. The first-order valence-corrected chi connectivity index (χ1v) is 8.33. The summed E-state index contributed by atoms with van der Waals surface area (Å²) in [7, 11) is 1.37. The fourth-order valence-electron chi connectivity index (χ4n) is 2.32. The van der Waals surface area contributed by atoms with Crippen LogP contribution in [-0.2, 0) is 16.0 Å². The summed E-state index contributed by atoms with van der Waals surface area (Å²) in [5, 5.41) is 17.7. The molecule has 2 aromatic carbocycles. The molecular weight excluding hydrogens is 353 g/mol. The van der Waals surface area contributed by atoms with Crippen LogP contribution in [0.15, 0.2) is 42.5 Å². The second-order valence-electron chi connectivity index (χ2n) is 5.71. The van der Waals surface area contributed by atoms with E-state index in [-0.39, 0.29) is 12.0 Å². The zero-order valence-corrected chi connectivity index (χ0v) is 14.9. The maximum Gasteiger partial charge on any atom is 0.333 e. The Kier molecular flexibility index (Phi) is 7.59. The molecule has 0 spiro atoms. The molecule has 0 aliphatic heterocycles. The average molecular weight is 373 g/mol. The van der Waals surface area contributed by atoms with E-state index in [2.05, 4.69) is 0 Å². The van der Waals surface area contributed by atoms with Gasteiger partial charge in [0.1, 0.15) is 23.4 Å². The molecule has 0 bridgehead atoms. The maximum atomic E-state index is 13.5. The molecule has 0 fully saturated rings. The van der Waals surface area contributed by atoms with Gasteiger partial charge in [-0.15, -0.1) is 0 Å². The van der Waals surface area contributed by atoms with Crippen LogP contribution in [0.2, 0.25) is 0 Å². The zero-order chi connectivity index (χ0) is 19.6. The molecule has 7 heteroatoms. The van der Waals surface area contributed by atoms with E-state index in [0.29, 0.717) is 31.1 Å². The molecule has 2 aromatic rings. The minimum absolute atomic E-state index is 0.0192. The van der Waals surface area contributed by atoms with Crippen LogP contribution in [0.3, 0.4) is 0 Å². The van der Waals surface area contributed by atoms with Gasteiger partial charge >= 0.3 is 5.97 Å². The van der Waals surface area contributed by atoms with E-state index in [1.807, 2.05) is 0 Å². The van der Waals surface area contributed by atoms with Crippen molar-refractivity contribution in [2.75, 3.05) is 20.3 Å². The number of carbonyl (C=O) groups is 1. The highest BCUT2D eigenvalue weighted by Crippen LogP contribution is 2.17. The molecule has 0 radical (unpaired) electrons. The van der Waals surface area contributed by atoms with Crippen LogP contribution in [0.25, 0.3) is 0 Å². The number of carboxylic acid groups (broad SMARTS) is 1. The van der Waals surface area contributed by atoms with Gasteiger partial charge in [0, 0.05) is 26.0 Å². The highest BCUT2D eigenvalue weighted by Gasteiger charge is 2.16. The Morgan fingerprint density at radius 1 is 1.15 bits per heavy atom. The molecule has 1 atom stereocenters. The van der Waals surface area contributed by atoms with Gasteiger partial charge in [-0.05, 0) is 29.8 Å². The van der Waals surface area contributed by atoms with Crippen molar-refractivity contribution in [3.63, 3.8) is 0 Å². The van der Waals surface area contributed by atoms with E-state index in [9.17, 15) is 9.18 Å². The molecule has 2 rings (SSSR count). The van der Waals surface area contributed by atoms with Crippen molar-refractivity contribution >= 4 is 5.97 Å². The maximum absolute atomic E-state index is 13.5. The van der Waals surface area contributed by atoms with Crippen molar-refractivity contribution in [3.8, 4) is 17.6 Å². The number of aliphatic carboxylic acids is 1. The standard InChI is InChI=1S/C20H20FNO5/c1-25-19(20(23)24)11-14-3-6-16(7-4-14)26-9-2-10-27-17-8-5-15(13-22)18(21)12-17/h3-8,12,19H,2,9-11H2,1H3,(H,23,24)/t19-/m0/s1. The van der Waals surface area contributed by atoms with Crippen molar-refractivity contribution < 1.29 is 28.5 Å². The summed E-state index contributed by atoms with van der Waals surface area (Å²) in [6.07, 6.45) is -0.00382. The first-order chi connectivity index (χ1) is 13.0. The van der Waals surface area contributed by atoms with Gasteiger partial charge in [-0.2, -0.15) is 5.26 Å². The van der Waals surface area contributed by atoms with Crippen molar-refractivity contribution in [1.29, 1.82) is 5.26 Å². The van der Waals surface area contributed by atoms with E-state index in [0.717, 1.165) is 5.56 Å². The van der Waals surface area contributed by atoms with E-state index in [1.54, 1.807) is 36.4 Å². The fraction of sp³-hybridized carbons (Fsp3) is 0.300. The third-order valence-corrected chi connectivity index (χ3v) is 3.79. The van der Waals surface area contributed by atoms with E-state index in [1.165, 1.54) is 19.2 Å². The second kappa shape index (κ2) is 10.1. The smallest absolute Gasteiger partial charge is 0.333 e. The lowest BCUT2D eigenvalue weighted by molar-refractivity contribution is -0.148. The first kappa shape index (κ1) is 20.2. The number of rotatable bonds is 10. The lowest BCUT2D eigenvalue weighted by Gasteiger charge is -2.11. The van der Waals surface area contributed by atoms with Crippen LogP contribution in [-0.4, -0.2) is 37.5 Å². The molecule has 0 aliphatic rings. The summed E-state index contributed by atoms with van der Waals surface area (Å²) in [6, 6.07) is 13.0. The summed E-state index contributed by atoms with van der Waals surface area (Å²) in [4.78, 5) is 11.0. The Balaban J connectivity index is 1.72. The molecule has 0 heterocycles. The van der Waals surface area contributed by atoms with Crippen LogP contribution in [0.1, 0.15) is 17.5 Å². The van der Waals surface area contributed by atoms with Crippen molar-refractivity contribution in [2.24, 2.45) is 0 Å². The third kappa shape index (κ3) is 6.28. The van der Waals surface area contributed by atoms with Gasteiger partial charge in [0.25, 0.3) is 0 Å². The number of hydrogen-bond donors (Lipinski definition) is 1. The van der Waals surface area contributed by atoms with Crippen LogP contribution >= 0.6 is 0 Å². The van der Waals surface area contributed by atoms with Crippen LogP contribution in [0.5, 0.6) is 11.5 Å². The number of nitrogens with zero attached hydrogens (tertiary/aromatic N) is 1. The van der Waals surface area contributed by atoms with Crippen LogP contribution in [0, 0.1) is 17.1 Å². The van der Waals surface area contributed by atoms with Crippen LogP contribution < -0.4 is 9.47 Å².